The molecule has 0 bridgehead atoms. The van der Waals surface area contributed by atoms with Gasteiger partial charge in [-0.15, -0.1) is 0 Å². The Morgan fingerprint density at radius 2 is 1.94 bits per heavy atom. The van der Waals surface area contributed by atoms with Gasteiger partial charge in [-0.05, 0) is 48.9 Å². The molecule has 98 valence electrons. The topological polar surface area (TPSA) is 84.2 Å². The first-order valence-electron chi connectivity index (χ1n) is 6.21. The van der Waals surface area contributed by atoms with Crippen LogP contribution in [0.3, 0.4) is 0 Å². The predicted octanol–water partition coefficient (Wildman–Crippen LogP) is 0.842. The SMILES string of the molecule is Nc1ccc2c(c1)CCC2NS(=O)(=O)NC1CC1. The zero-order valence-corrected chi connectivity index (χ0v) is 10.8. The van der Waals surface area contributed by atoms with Crippen LogP contribution in [0.1, 0.15) is 36.4 Å². The summed E-state index contributed by atoms with van der Waals surface area (Å²) in [6.45, 7) is 0. The maximum Gasteiger partial charge on any atom is 0.277 e. The molecule has 1 fully saturated rings. The summed E-state index contributed by atoms with van der Waals surface area (Å²) >= 11 is 0. The average Bonchev–Trinajstić information content (AvgIpc) is 3.00. The number of hydrogen-bond donors (Lipinski definition) is 3. The molecule has 1 aromatic rings. The Kier molecular flexibility index (Phi) is 2.80. The maximum atomic E-state index is 11.9. The van der Waals surface area contributed by atoms with Crippen molar-refractivity contribution in [1.29, 1.82) is 0 Å². The Morgan fingerprint density at radius 3 is 2.67 bits per heavy atom. The monoisotopic (exact) mass is 267 g/mol. The van der Waals surface area contributed by atoms with Crippen LogP contribution < -0.4 is 15.2 Å². The number of rotatable bonds is 4. The van der Waals surface area contributed by atoms with Crippen LogP contribution in [0.15, 0.2) is 18.2 Å². The molecule has 1 saturated carbocycles. The molecule has 5 nitrogen and oxygen atoms in total. The van der Waals surface area contributed by atoms with Crippen LogP contribution in [-0.2, 0) is 16.6 Å². The third-order valence-corrected chi connectivity index (χ3v) is 4.68. The fourth-order valence-corrected chi connectivity index (χ4v) is 3.76. The molecule has 0 radical (unpaired) electrons. The number of hydrogen-bond acceptors (Lipinski definition) is 3. The van der Waals surface area contributed by atoms with Crippen molar-refractivity contribution in [1.82, 2.24) is 9.44 Å². The summed E-state index contributed by atoms with van der Waals surface area (Å²) < 4.78 is 29.1. The Bertz CT molecular complexity index is 567. The van der Waals surface area contributed by atoms with Crippen LogP contribution in [0.5, 0.6) is 0 Å². The van der Waals surface area contributed by atoms with E-state index in [1.165, 1.54) is 0 Å². The lowest BCUT2D eigenvalue weighted by Crippen LogP contribution is -2.39. The number of nitrogens with two attached hydrogens (primary N) is 1. The first kappa shape index (κ1) is 12.0. The van der Waals surface area contributed by atoms with Gasteiger partial charge in [-0.3, -0.25) is 0 Å². The lowest BCUT2D eigenvalue weighted by atomic mass is 10.1. The molecule has 3 rings (SSSR count). The van der Waals surface area contributed by atoms with Crippen molar-refractivity contribution in [3.05, 3.63) is 29.3 Å². The van der Waals surface area contributed by atoms with Crippen LogP contribution >= 0.6 is 0 Å². The predicted molar refractivity (Wildman–Crippen MR) is 70.1 cm³/mol. The van der Waals surface area contributed by atoms with Crippen molar-refractivity contribution < 1.29 is 8.42 Å². The van der Waals surface area contributed by atoms with E-state index >= 15 is 0 Å². The highest BCUT2D eigenvalue weighted by atomic mass is 32.2. The highest BCUT2D eigenvalue weighted by Gasteiger charge is 2.31. The minimum absolute atomic E-state index is 0.128. The quantitative estimate of drug-likeness (QED) is 0.707. The number of nitrogen functional groups attached to an aromatic ring is 1. The minimum atomic E-state index is -3.39. The standard InChI is InChI=1S/C12H17N3O2S/c13-9-2-5-11-8(7-9)1-6-12(11)15-18(16,17)14-10-3-4-10/h2,5,7,10,12,14-15H,1,3-4,6,13H2. The zero-order chi connectivity index (χ0) is 12.8. The Hall–Kier alpha value is -1.11. The van der Waals surface area contributed by atoms with E-state index in [1.54, 1.807) is 0 Å². The Labute approximate surface area is 107 Å². The van der Waals surface area contributed by atoms with Crippen molar-refractivity contribution in [2.75, 3.05) is 5.73 Å². The van der Waals surface area contributed by atoms with Gasteiger partial charge in [-0.1, -0.05) is 6.07 Å². The number of anilines is 1. The highest BCUT2D eigenvalue weighted by molar-refractivity contribution is 7.87. The third-order valence-electron chi connectivity index (χ3n) is 3.44. The zero-order valence-electron chi connectivity index (χ0n) is 10.0. The van der Waals surface area contributed by atoms with Gasteiger partial charge in [-0.25, -0.2) is 0 Å². The summed E-state index contributed by atoms with van der Waals surface area (Å²) in [6, 6.07) is 5.67. The Balaban J connectivity index is 1.76. The number of benzene rings is 1. The van der Waals surface area contributed by atoms with Gasteiger partial charge in [0.2, 0.25) is 0 Å². The van der Waals surface area contributed by atoms with Crippen LogP contribution in [0.2, 0.25) is 0 Å². The minimum Gasteiger partial charge on any atom is -0.399 e. The molecule has 0 spiro atoms. The van der Waals surface area contributed by atoms with Crippen LogP contribution in [0.25, 0.3) is 0 Å². The highest BCUT2D eigenvalue weighted by Crippen LogP contribution is 2.32. The van der Waals surface area contributed by atoms with Crippen LogP contribution in [0.4, 0.5) is 5.69 Å². The lowest BCUT2D eigenvalue weighted by molar-refractivity contribution is 0.540. The molecule has 0 amide bonds. The van der Waals surface area contributed by atoms with Crippen molar-refractivity contribution in [2.45, 2.75) is 37.8 Å². The van der Waals surface area contributed by atoms with Crippen LogP contribution in [0, 0.1) is 0 Å². The molecule has 2 aliphatic carbocycles. The second kappa shape index (κ2) is 4.22. The van der Waals surface area contributed by atoms with E-state index in [2.05, 4.69) is 9.44 Å². The fraction of sp³-hybridized carbons (Fsp3) is 0.500. The second-order valence-corrected chi connectivity index (χ2v) is 6.54. The fourth-order valence-electron chi connectivity index (χ4n) is 2.40. The second-order valence-electron chi connectivity index (χ2n) is 5.06. The van der Waals surface area contributed by atoms with Gasteiger partial charge in [0, 0.05) is 17.8 Å². The normalized spacial score (nSPS) is 23.0. The van der Waals surface area contributed by atoms with E-state index in [0.717, 1.165) is 42.5 Å². The summed E-state index contributed by atoms with van der Waals surface area (Å²) in [7, 11) is -3.39. The van der Waals surface area contributed by atoms with E-state index < -0.39 is 10.2 Å². The average molecular weight is 267 g/mol. The number of nitrogens with one attached hydrogen (secondary N) is 2. The first-order valence-corrected chi connectivity index (χ1v) is 7.70. The van der Waals surface area contributed by atoms with Crippen molar-refractivity contribution in [3.63, 3.8) is 0 Å². The maximum absolute atomic E-state index is 11.9. The van der Waals surface area contributed by atoms with Gasteiger partial charge in [0.05, 0.1) is 0 Å². The van der Waals surface area contributed by atoms with Gasteiger partial charge in [0.25, 0.3) is 10.2 Å². The molecule has 0 saturated heterocycles. The summed E-state index contributed by atoms with van der Waals surface area (Å²) in [5, 5.41) is 0. The van der Waals surface area contributed by atoms with Gasteiger partial charge in [-0.2, -0.15) is 17.9 Å². The van der Waals surface area contributed by atoms with Crippen molar-refractivity contribution >= 4 is 15.9 Å². The lowest BCUT2D eigenvalue weighted by Gasteiger charge is -2.14. The largest absolute Gasteiger partial charge is 0.399 e. The first-order chi connectivity index (χ1) is 8.53. The smallest absolute Gasteiger partial charge is 0.277 e. The van der Waals surface area contributed by atoms with E-state index in [-0.39, 0.29) is 12.1 Å². The van der Waals surface area contributed by atoms with E-state index in [4.69, 9.17) is 5.73 Å². The molecular formula is C12H17N3O2S. The third kappa shape index (κ3) is 2.50. The summed E-state index contributed by atoms with van der Waals surface area (Å²) in [6.07, 6.45) is 3.55. The van der Waals surface area contributed by atoms with Gasteiger partial charge < -0.3 is 5.73 Å². The molecule has 0 aliphatic heterocycles. The molecule has 1 atom stereocenters. The molecule has 4 N–H and O–H groups in total. The molecule has 0 aromatic heterocycles. The number of aryl methyl sites for hydroxylation is 1. The van der Waals surface area contributed by atoms with Crippen LogP contribution in [-0.4, -0.2) is 14.5 Å². The van der Waals surface area contributed by atoms with Crippen molar-refractivity contribution in [2.24, 2.45) is 0 Å². The molecular weight excluding hydrogens is 250 g/mol. The van der Waals surface area contributed by atoms with E-state index in [9.17, 15) is 8.42 Å². The number of fused-ring (bicyclic) bond motifs is 1. The molecule has 18 heavy (non-hydrogen) atoms. The molecule has 6 heteroatoms. The summed E-state index contributed by atoms with van der Waals surface area (Å²) in [5.41, 5.74) is 8.65. The molecule has 0 heterocycles. The molecule has 2 aliphatic rings. The Morgan fingerprint density at radius 1 is 1.17 bits per heavy atom. The summed E-state index contributed by atoms with van der Waals surface area (Å²) in [4.78, 5) is 0. The molecule has 1 unspecified atom stereocenters. The van der Waals surface area contributed by atoms with Gasteiger partial charge in [0.1, 0.15) is 0 Å². The van der Waals surface area contributed by atoms with Gasteiger partial charge in [0.15, 0.2) is 0 Å². The van der Waals surface area contributed by atoms with Gasteiger partial charge >= 0.3 is 0 Å². The van der Waals surface area contributed by atoms with E-state index in [1.807, 2.05) is 18.2 Å². The molecule has 1 aromatic carbocycles. The van der Waals surface area contributed by atoms with E-state index in [0.29, 0.717) is 0 Å². The summed E-state index contributed by atoms with van der Waals surface area (Å²) in [5.74, 6) is 0. The van der Waals surface area contributed by atoms with Crippen molar-refractivity contribution in [3.8, 4) is 0 Å².